The first-order valence-electron chi connectivity index (χ1n) is 12.4. The number of nitrogens with zero attached hydrogens (tertiary/aromatic N) is 1. The molecule has 0 N–H and O–H groups in total. The quantitative estimate of drug-likeness (QED) is 0.340. The molecule has 0 saturated carbocycles. The maximum Gasteiger partial charge on any atom is 0.416 e. The number of carbonyl (C=O) groups excluding carboxylic acids is 2. The van der Waals surface area contributed by atoms with Gasteiger partial charge in [-0.25, -0.2) is 0 Å². The Morgan fingerprint density at radius 3 is 2.36 bits per heavy atom. The number of carbonyl (C=O) groups is 2. The van der Waals surface area contributed by atoms with E-state index in [1.807, 2.05) is 24.3 Å². The zero-order valence-corrected chi connectivity index (χ0v) is 22.2. The van der Waals surface area contributed by atoms with Crippen molar-refractivity contribution in [2.45, 2.75) is 44.6 Å². The van der Waals surface area contributed by atoms with E-state index >= 15 is 0 Å². The minimum absolute atomic E-state index is 0.0165. The molecule has 4 rings (SSSR count). The number of hydrogen-bond acceptors (Lipinski definition) is 5. The summed E-state index contributed by atoms with van der Waals surface area (Å²) in [6.07, 6.45) is -4.36. The lowest BCUT2D eigenvalue weighted by Crippen LogP contribution is -2.38. The topological polar surface area (TPSA) is 65.1 Å². The molecule has 9 heteroatoms. The Balaban J connectivity index is 1.86. The van der Waals surface area contributed by atoms with Crippen LogP contribution in [-0.2, 0) is 44.6 Å². The lowest BCUT2D eigenvalue weighted by molar-refractivity contribution is -0.140. The van der Waals surface area contributed by atoms with Crippen LogP contribution in [0.4, 0.5) is 13.2 Å². The average Bonchev–Trinajstić information content (AvgIpc) is 3.29. The summed E-state index contributed by atoms with van der Waals surface area (Å²) in [6.45, 7) is 1.30. The summed E-state index contributed by atoms with van der Waals surface area (Å²) in [4.78, 5) is 26.5. The van der Waals surface area contributed by atoms with Crippen LogP contribution in [0.5, 0.6) is 5.75 Å². The molecule has 2 unspecified atom stereocenters. The molecule has 2 atom stereocenters. The van der Waals surface area contributed by atoms with Crippen molar-refractivity contribution in [2.75, 3.05) is 21.3 Å². The predicted octanol–water partition coefficient (Wildman–Crippen LogP) is 5.76. The summed E-state index contributed by atoms with van der Waals surface area (Å²) in [5.74, 6) is -0.333. The van der Waals surface area contributed by atoms with Gasteiger partial charge in [-0.05, 0) is 52.1 Å². The third-order valence-corrected chi connectivity index (χ3v) is 7.09. The summed E-state index contributed by atoms with van der Waals surface area (Å²) >= 11 is 0. The van der Waals surface area contributed by atoms with Gasteiger partial charge >= 0.3 is 12.1 Å². The van der Waals surface area contributed by atoms with Crippen molar-refractivity contribution in [3.63, 3.8) is 0 Å². The summed E-state index contributed by atoms with van der Waals surface area (Å²) in [5, 5.41) is 0. The highest BCUT2D eigenvalue weighted by Gasteiger charge is 2.39. The molecule has 39 heavy (non-hydrogen) atoms. The van der Waals surface area contributed by atoms with Gasteiger partial charge in [0.1, 0.15) is 5.75 Å². The Morgan fingerprint density at radius 2 is 1.72 bits per heavy atom. The molecule has 6 nitrogen and oxygen atoms in total. The van der Waals surface area contributed by atoms with Gasteiger partial charge in [-0.15, -0.1) is 0 Å². The maximum atomic E-state index is 13.8. The molecule has 0 heterocycles. The smallest absolute Gasteiger partial charge is 0.416 e. The number of esters is 1. The first kappa shape index (κ1) is 28.2. The highest BCUT2D eigenvalue weighted by atomic mass is 19.4. The number of halogens is 3. The number of fused-ring (bicyclic) bond motifs is 1. The third-order valence-electron chi connectivity index (χ3n) is 7.09. The van der Waals surface area contributed by atoms with Gasteiger partial charge in [0, 0.05) is 32.6 Å². The largest absolute Gasteiger partial charge is 0.496 e. The normalized spacial score (nSPS) is 16.5. The van der Waals surface area contributed by atoms with E-state index in [0.717, 1.165) is 23.3 Å². The van der Waals surface area contributed by atoms with Crippen molar-refractivity contribution in [3.05, 3.63) is 88.5 Å². The molecule has 0 aliphatic heterocycles. The minimum Gasteiger partial charge on any atom is -0.496 e. The first-order valence-corrected chi connectivity index (χ1v) is 12.4. The lowest BCUT2D eigenvalue weighted by atomic mass is 9.93. The number of methoxy groups -OCH3 is 3. The molecule has 3 aromatic rings. The molecule has 0 bridgehead atoms. The van der Waals surface area contributed by atoms with Crippen molar-refractivity contribution >= 4 is 11.9 Å². The zero-order valence-electron chi connectivity index (χ0n) is 22.2. The minimum atomic E-state index is -4.58. The van der Waals surface area contributed by atoms with Crippen LogP contribution in [-0.4, -0.2) is 44.2 Å². The molecular formula is C30H30F3NO5. The fraction of sp³-hybridized carbons (Fsp3) is 0.333. The molecule has 1 amide bonds. The molecular weight excluding hydrogens is 511 g/mol. The van der Waals surface area contributed by atoms with Crippen molar-refractivity contribution in [3.8, 4) is 16.9 Å². The van der Waals surface area contributed by atoms with Gasteiger partial charge in [-0.3, -0.25) is 9.59 Å². The van der Waals surface area contributed by atoms with E-state index < -0.39 is 23.8 Å². The van der Waals surface area contributed by atoms with E-state index in [9.17, 15) is 22.8 Å². The van der Waals surface area contributed by atoms with Crippen LogP contribution in [0, 0.1) is 0 Å². The fourth-order valence-corrected chi connectivity index (χ4v) is 5.19. The molecule has 206 valence electrons. The van der Waals surface area contributed by atoms with Crippen LogP contribution in [0.15, 0.2) is 60.7 Å². The standard InChI is InChI=1S/C30H30F3NO5/c1-18(35)34(29-24-8-6-5-7-20(24)16-27(29)38-3)17-21-15-22(30(31,32)33)10-11-23(21)25-13-19(14-28(36)39-4)9-12-26(25)37-2/h5-13,15,27,29H,14,16-17H2,1-4H3. The van der Waals surface area contributed by atoms with Gasteiger partial charge in [-0.2, -0.15) is 13.2 Å². The predicted molar refractivity (Wildman–Crippen MR) is 139 cm³/mol. The molecule has 0 saturated heterocycles. The zero-order chi connectivity index (χ0) is 28.3. The number of hydrogen-bond donors (Lipinski definition) is 0. The highest BCUT2D eigenvalue weighted by Crippen LogP contribution is 2.42. The van der Waals surface area contributed by atoms with Crippen LogP contribution in [0.1, 0.15) is 40.8 Å². The van der Waals surface area contributed by atoms with E-state index in [4.69, 9.17) is 14.2 Å². The Hall–Kier alpha value is -3.85. The van der Waals surface area contributed by atoms with Crippen LogP contribution < -0.4 is 4.74 Å². The average molecular weight is 542 g/mol. The Labute approximate surface area is 225 Å². The van der Waals surface area contributed by atoms with Gasteiger partial charge in [-0.1, -0.05) is 36.4 Å². The third kappa shape index (κ3) is 5.93. The molecule has 0 spiro atoms. The molecule has 0 aromatic heterocycles. The van der Waals surface area contributed by atoms with Crippen LogP contribution in [0.3, 0.4) is 0 Å². The first-order chi connectivity index (χ1) is 18.6. The maximum absolute atomic E-state index is 13.8. The fourth-order valence-electron chi connectivity index (χ4n) is 5.19. The molecule has 1 aliphatic rings. The van der Waals surface area contributed by atoms with E-state index in [2.05, 4.69) is 0 Å². The molecule has 0 fully saturated rings. The van der Waals surface area contributed by atoms with E-state index in [-0.39, 0.29) is 30.5 Å². The van der Waals surface area contributed by atoms with Crippen molar-refractivity contribution in [1.29, 1.82) is 0 Å². The van der Waals surface area contributed by atoms with Gasteiger partial charge in [0.25, 0.3) is 0 Å². The second-order valence-corrected chi connectivity index (χ2v) is 9.43. The van der Waals surface area contributed by atoms with E-state index in [1.165, 1.54) is 27.2 Å². The Kier molecular flexibility index (Phi) is 8.30. The Bertz CT molecular complexity index is 1370. The van der Waals surface area contributed by atoms with Crippen LogP contribution in [0.2, 0.25) is 0 Å². The number of benzene rings is 3. The SMILES string of the molecule is COC(=O)Cc1ccc(OC)c(-c2ccc(C(F)(F)F)cc2CN(C(C)=O)C2c3ccccc3CC2OC)c1. The number of ether oxygens (including phenoxy) is 3. The second-order valence-electron chi connectivity index (χ2n) is 9.43. The van der Waals surface area contributed by atoms with Gasteiger partial charge < -0.3 is 19.1 Å². The second kappa shape index (κ2) is 11.5. The van der Waals surface area contributed by atoms with Crippen LogP contribution >= 0.6 is 0 Å². The molecule has 3 aromatic carbocycles. The number of alkyl halides is 3. The summed E-state index contributed by atoms with van der Waals surface area (Å²) in [7, 11) is 4.31. The van der Waals surface area contributed by atoms with Crippen LogP contribution in [0.25, 0.3) is 11.1 Å². The Morgan fingerprint density at radius 1 is 0.974 bits per heavy atom. The summed E-state index contributed by atoms with van der Waals surface area (Å²) in [5.41, 5.74) is 2.96. The van der Waals surface area contributed by atoms with Crippen molar-refractivity contribution in [2.24, 2.45) is 0 Å². The van der Waals surface area contributed by atoms with E-state index in [0.29, 0.717) is 28.9 Å². The van der Waals surface area contributed by atoms with Crippen molar-refractivity contribution < 1.29 is 37.0 Å². The molecule has 0 radical (unpaired) electrons. The number of amides is 1. The van der Waals surface area contributed by atoms with Gasteiger partial charge in [0.05, 0.1) is 38.3 Å². The van der Waals surface area contributed by atoms with Crippen molar-refractivity contribution in [1.82, 2.24) is 4.90 Å². The van der Waals surface area contributed by atoms with E-state index in [1.54, 1.807) is 30.2 Å². The lowest BCUT2D eigenvalue weighted by Gasteiger charge is -2.33. The van der Waals surface area contributed by atoms with Gasteiger partial charge in [0.2, 0.25) is 5.91 Å². The molecule has 1 aliphatic carbocycles. The highest BCUT2D eigenvalue weighted by molar-refractivity contribution is 5.79. The summed E-state index contributed by atoms with van der Waals surface area (Å²) < 4.78 is 57.5. The number of rotatable bonds is 8. The van der Waals surface area contributed by atoms with Gasteiger partial charge in [0.15, 0.2) is 0 Å². The monoisotopic (exact) mass is 541 g/mol. The summed E-state index contributed by atoms with van der Waals surface area (Å²) in [6, 6.07) is 15.7.